The van der Waals surface area contributed by atoms with E-state index < -0.39 is 59.0 Å². The number of carbonyl (C=O) groups is 4. The number of oxime groups is 1. The highest BCUT2D eigenvalue weighted by Crippen LogP contribution is 2.44. The quantitative estimate of drug-likeness (QED) is 0.0659. The molecule has 2 aromatic heterocycles. The van der Waals surface area contributed by atoms with E-state index in [-0.39, 0.29) is 46.4 Å². The number of anilines is 1. The third kappa shape index (κ3) is 7.00. The molecule has 2 saturated heterocycles. The number of hydrogen-bond donors (Lipinski definition) is 5. The normalized spacial score (nSPS) is 21.9. The number of aliphatic hydroxyl groups excluding tert-OH is 1. The number of aliphatic hydroxyl groups is 1. The van der Waals surface area contributed by atoms with Crippen molar-refractivity contribution in [2.75, 3.05) is 23.8 Å². The summed E-state index contributed by atoms with van der Waals surface area (Å²) in [5.74, 6) is -4.33. The van der Waals surface area contributed by atoms with Gasteiger partial charge in [-0.2, -0.15) is 0 Å². The van der Waals surface area contributed by atoms with Gasteiger partial charge in [0.25, 0.3) is 5.91 Å². The molecule has 4 heterocycles. The molecule has 0 spiro atoms. The zero-order chi connectivity index (χ0) is 32.3. The van der Waals surface area contributed by atoms with Crippen molar-refractivity contribution in [1.82, 2.24) is 35.4 Å². The maximum Gasteiger partial charge on any atom is 0.334 e. The lowest BCUT2D eigenvalue weighted by molar-refractivity contribution is -0.157. The summed E-state index contributed by atoms with van der Waals surface area (Å²) in [6.07, 6.45) is -1.77. The summed E-state index contributed by atoms with van der Waals surface area (Å²) in [5.41, 5.74) is 4.79. The van der Waals surface area contributed by atoms with Crippen molar-refractivity contribution in [2.45, 2.75) is 35.8 Å². The van der Waals surface area contributed by atoms with Gasteiger partial charge in [-0.3, -0.25) is 14.4 Å². The molecule has 45 heavy (non-hydrogen) atoms. The molecule has 2 fully saturated rings. The van der Waals surface area contributed by atoms with Gasteiger partial charge in [0.05, 0.1) is 6.54 Å². The minimum absolute atomic E-state index is 0.0693. The van der Waals surface area contributed by atoms with E-state index in [9.17, 15) is 33.8 Å². The number of carboxylic acids is 2. The summed E-state index contributed by atoms with van der Waals surface area (Å²) in [6.45, 7) is -0.682. The monoisotopic (exact) mass is 681 g/mol. The Kier molecular flexibility index (Phi) is 9.51. The van der Waals surface area contributed by atoms with E-state index in [2.05, 4.69) is 31.0 Å². The Bertz CT molecular complexity index is 1640. The van der Waals surface area contributed by atoms with Crippen LogP contribution in [0.25, 0.3) is 0 Å². The molecular formula is C24H24FN9O8S3. The van der Waals surface area contributed by atoms with E-state index in [4.69, 9.17) is 15.7 Å². The van der Waals surface area contributed by atoms with Gasteiger partial charge >= 0.3 is 11.9 Å². The van der Waals surface area contributed by atoms with Crippen LogP contribution in [0.5, 0.6) is 0 Å². The predicted molar refractivity (Wildman–Crippen MR) is 156 cm³/mol. The number of thioether (sulfide) groups is 2. The molecule has 5 rings (SSSR count). The number of thiazole rings is 1. The van der Waals surface area contributed by atoms with Gasteiger partial charge in [-0.05, 0) is 28.1 Å². The number of hydrogen-bond acceptors (Lipinski definition) is 15. The highest BCUT2D eigenvalue weighted by molar-refractivity contribution is 8.00. The highest BCUT2D eigenvalue weighted by Gasteiger charge is 2.57. The number of nitrogen functional groups attached to an aromatic ring is 1. The van der Waals surface area contributed by atoms with Crippen LogP contribution in [0, 0.1) is 11.2 Å². The highest BCUT2D eigenvalue weighted by atomic mass is 32.2. The van der Waals surface area contributed by atoms with Gasteiger partial charge in [-0.1, -0.05) is 29.1 Å². The van der Waals surface area contributed by atoms with Crippen LogP contribution in [0.1, 0.15) is 11.3 Å². The molecule has 2 amide bonds. The Morgan fingerprint density at radius 3 is 2.71 bits per heavy atom. The minimum atomic E-state index is -1.77. The van der Waals surface area contributed by atoms with Gasteiger partial charge in [-0.25, -0.2) is 18.9 Å². The SMILES string of the molecule is Nc1nc(C(=NOCc2ccc(F)cc2)C(=O)NC2C(=O)N3CC(CSc4nnnn4CC(O)C(=O)O)(C(=O)O)CS[C@H]23)cs1. The molecule has 0 saturated carbocycles. The molecule has 0 bridgehead atoms. The summed E-state index contributed by atoms with van der Waals surface area (Å²) in [4.78, 5) is 60.6. The Morgan fingerprint density at radius 1 is 1.29 bits per heavy atom. The van der Waals surface area contributed by atoms with E-state index in [1.54, 1.807) is 0 Å². The molecule has 2 aliphatic heterocycles. The van der Waals surface area contributed by atoms with Gasteiger partial charge in [0.1, 0.15) is 34.9 Å². The molecule has 21 heteroatoms. The molecule has 6 N–H and O–H groups in total. The summed E-state index contributed by atoms with van der Waals surface area (Å²) in [5, 5.41) is 47.4. The van der Waals surface area contributed by atoms with Crippen LogP contribution >= 0.6 is 34.9 Å². The fourth-order valence-electron chi connectivity index (χ4n) is 4.33. The smallest absolute Gasteiger partial charge is 0.334 e. The van der Waals surface area contributed by atoms with Crippen molar-refractivity contribution in [3.8, 4) is 0 Å². The predicted octanol–water partition coefficient (Wildman–Crippen LogP) is -0.519. The molecule has 0 aliphatic carbocycles. The number of halogens is 1. The number of nitrogens with two attached hydrogens (primary N) is 1. The zero-order valence-electron chi connectivity index (χ0n) is 22.8. The van der Waals surface area contributed by atoms with E-state index >= 15 is 0 Å². The number of carboxylic acid groups (broad SMARTS) is 2. The maximum absolute atomic E-state index is 13.3. The molecule has 1 aromatic carbocycles. The molecular weight excluding hydrogens is 658 g/mol. The van der Waals surface area contributed by atoms with E-state index in [0.29, 0.717) is 5.56 Å². The minimum Gasteiger partial charge on any atom is -0.481 e. The Morgan fingerprint density at radius 2 is 2.04 bits per heavy atom. The number of nitrogens with zero attached hydrogens (tertiary/aromatic N) is 7. The van der Waals surface area contributed by atoms with E-state index in [0.717, 1.165) is 27.8 Å². The Labute approximate surface area is 265 Å². The van der Waals surface area contributed by atoms with Crippen molar-refractivity contribution in [3.05, 3.63) is 46.7 Å². The van der Waals surface area contributed by atoms with Gasteiger partial charge < -0.3 is 36.1 Å². The van der Waals surface area contributed by atoms with Crippen molar-refractivity contribution in [1.29, 1.82) is 0 Å². The first-order chi connectivity index (χ1) is 21.5. The van der Waals surface area contributed by atoms with Crippen LogP contribution in [-0.2, 0) is 37.2 Å². The fourth-order valence-corrected chi connectivity index (χ4v) is 7.62. The van der Waals surface area contributed by atoms with Gasteiger partial charge in [0, 0.05) is 23.4 Å². The topological polar surface area (TPSA) is 248 Å². The van der Waals surface area contributed by atoms with Crippen LogP contribution < -0.4 is 11.1 Å². The number of β-lactam (4-membered cyclic amide) rings is 1. The number of benzene rings is 1. The van der Waals surface area contributed by atoms with E-state index in [1.165, 1.54) is 46.3 Å². The molecule has 238 valence electrons. The number of tetrazole rings is 1. The summed E-state index contributed by atoms with van der Waals surface area (Å²) >= 11 is 3.19. The van der Waals surface area contributed by atoms with Crippen molar-refractivity contribution >= 4 is 69.5 Å². The second-order valence-electron chi connectivity index (χ2n) is 9.90. The first-order valence-corrected chi connectivity index (χ1v) is 15.8. The number of nitrogens with one attached hydrogen (secondary N) is 1. The van der Waals surface area contributed by atoms with Crippen LogP contribution in [0.15, 0.2) is 40.0 Å². The number of amides is 2. The van der Waals surface area contributed by atoms with Crippen LogP contribution in [-0.4, -0.2) is 110 Å². The lowest BCUT2D eigenvalue weighted by Crippen LogP contribution is -2.74. The average Bonchev–Trinajstić information content (AvgIpc) is 3.65. The molecule has 4 atom stereocenters. The van der Waals surface area contributed by atoms with Crippen LogP contribution in [0.2, 0.25) is 0 Å². The number of fused-ring (bicyclic) bond motifs is 1. The largest absolute Gasteiger partial charge is 0.481 e. The standard InChI is InChI=1S/C24H24FN9O8S3/c25-12-3-1-11(2-4-12)6-42-30-15(13-7-43-22(26)27-13)17(36)28-16-18(37)33-8-24(21(40)41,9-44-19(16)33)10-45-23-29-31-32-34(23)5-14(35)20(38)39/h1-4,7,14,16,19,35H,5-6,8-10H2,(H2,26,27)(H,28,36)(H,38,39)(H,40,41)/t14?,16?,19-,24?/m1/s1. The first-order valence-electron chi connectivity index (χ1n) is 12.9. The molecule has 17 nitrogen and oxygen atoms in total. The maximum atomic E-state index is 13.3. The zero-order valence-corrected chi connectivity index (χ0v) is 25.3. The molecule has 3 aromatic rings. The van der Waals surface area contributed by atoms with Crippen molar-refractivity contribution in [3.63, 3.8) is 0 Å². The first kappa shape index (κ1) is 32.1. The number of aliphatic carboxylic acids is 2. The fraction of sp³-hybridized carbons (Fsp3) is 0.375. The Hall–Kier alpha value is -4.34. The van der Waals surface area contributed by atoms with Gasteiger partial charge in [0.15, 0.2) is 16.9 Å². The molecule has 3 unspecified atom stereocenters. The van der Waals surface area contributed by atoms with Crippen LogP contribution in [0.3, 0.4) is 0 Å². The lowest BCUT2D eigenvalue weighted by Gasteiger charge is -2.53. The number of aromatic nitrogens is 5. The lowest BCUT2D eigenvalue weighted by atomic mass is 9.89. The van der Waals surface area contributed by atoms with Gasteiger partial charge in [-0.15, -0.1) is 28.2 Å². The van der Waals surface area contributed by atoms with Crippen molar-refractivity contribution < 1.29 is 43.7 Å². The third-order valence-electron chi connectivity index (χ3n) is 6.77. The number of carbonyl (C=O) groups excluding carboxylic acids is 2. The molecule has 0 radical (unpaired) electrons. The van der Waals surface area contributed by atoms with Gasteiger partial charge in [0.2, 0.25) is 11.1 Å². The third-order valence-corrected chi connectivity index (χ3v) is 10.3. The summed E-state index contributed by atoms with van der Waals surface area (Å²) in [6, 6.07) is 4.51. The van der Waals surface area contributed by atoms with Crippen molar-refractivity contribution in [2.24, 2.45) is 10.6 Å². The van der Waals surface area contributed by atoms with Crippen LogP contribution in [0.4, 0.5) is 9.52 Å². The second kappa shape index (κ2) is 13.3. The molecule has 2 aliphatic rings. The Balaban J connectivity index is 1.23. The van der Waals surface area contributed by atoms with E-state index in [1.807, 2.05) is 0 Å². The summed E-state index contributed by atoms with van der Waals surface area (Å²) in [7, 11) is 0. The average molecular weight is 682 g/mol. The summed E-state index contributed by atoms with van der Waals surface area (Å²) < 4.78 is 14.2. The second-order valence-corrected chi connectivity index (χ2v) is 12.8. The number of rotatable bonds is 13.